The summed E-state index contributed by atoms with van der Waals surface area (Å²) >= 11 is 0. The second-order valence-corrected chi connectivity index (χ2v) is 5.44. The zero-order valence-corrected chi connectivity index (χ0v) is 12.9. The van der Waals surface area contributed by atoms with Crippen LogP contribution >= 0.6 is 0 Å². The largest absolute Gasteiger partial charge is 0.489 e. The van der Waals surface area contributed by atoms with Crippen LogP contribution in [0.1, 0.15) is 35.3 Å². The van der Waals surface area contributed by atoms with Crippen molar-refractivity contribution in [3.05, 3.63) is 59.2 Å². The molecule has 0 spiro atoms. The van der Waals surface area contributed by atoms with Crippen molar-refractivity contribution in [3.63, 3.8) is 0 Å². The Morgan fingerprint density at radius 1 is 1.10 bits per heavy atom. The lowest BCUT2D eigenvalue weighted by atomic mass is 10.1. The topological polar surface area (TPSA) is 38.3 Å². The van der Waals surface area contributed by atoms with E-state index < -0.39 is 0 Å². The highest BCUT2D eigenvalue weighted by Gasteiger charge is 2.12. The molecule has 3 heteroatoms. The highest BCUT2D eigenvalue weighted by Crippen LogP contribution is 2.25. The first-order chi connectivity index (χ1) is 9.97. The summed E-state index contributed by atoms with van der Waals surface area (Å²) in [4.78, 5) is 12.4. The lowest BCUT2D eigenvalue weighted by Crippen LogP contribution is -2.15. The molecule has 0 aliphatic heterocycles. The quantitative estimate of drug-likeness (QED) is 0.906. The monoisotopic (exact) mass is 283 g/mol. The average Bonchev–Trinajstić information content (AvgIpc) is 2.40. The van der Waals surface area contributed by atoms with Crippen LogP contribution in [0.2, 0.25) is 0 Å². The van der Waals surface area contributed by atoms with Crippen molar-refractivity contribution in [3.8, 4) is 5.75 Å². The molecule has 0 aliphatic rings. The molecule has 1 amide bonds. The van der Waals surface area contributed by atoms with Gasteiger partial charge in [-0.3, -0.25) is 4.79 Å². The molecule has 0 bridgehead atoms. The molecule has 0 fully saturated rings. The first kappa shape index (κ1) is 15.1. The Balaban J connectivity index is 2.23. The smallest absolute Gasteiger partial charge is 0.256 e. The first-order valence-electron chi connectivity index (χ1n) is 7.11. The minimum absolute atomic E-state index is 0.0594. The predicted octanol–water partition coefficient (Wildman–Crippen LogP) is 4.34. The van der Waals surface area contributed by atoms with Gasteiger partial charge in [0.15, 0.2) is 0 Å². The van der Waals surface area contributed by atoms with Gasteiger partial charge in [-0.1, -0.05) is 29.8 Å². The Hall–Kier alpha value is -2.29. The molecular formula is C18H21NO2. The molecule has 0 unspecified atom stereocenters. The Bertz CT molecular complexity index is 647. The van der Waals surface area contributed by atoms with E-state index in [0.29, 0.717) is 17.0 Å². The summed E-state index contributed by atoms with van der Waals surface area (Å²) in [5, 5.41) is 2.93. The number of hydrogen-bond acceptors (Lipinski definition) is 2. The van der Waals surface area contributed by atoms with E-state index in [0.717, 1.165) is 11.1 Å². The Morgan fingerprint density at radius 3 is 2.48 bits per heavy atom. The van der Waals surface area contributed by atoms with Gasteiger partial charge in [0.2, 0.25) is 0 Å². The fraction of sp³-hybridized carbons (Fsp3) is 0.278. The molecule has 3 nitrogen and oxygen atoms in total. The van der Waals surface area contributed by atoms with Gasteiger partial charge < -0.3 is 10.1 Å². The average molecular weight is 283 g/mol. The van der Waals surface area contributed by atoms with Crippen molar-refractivity contribution >= 4 is 11.6 Å². The van der Waals surface area contributed by atoms with Crippen LogP contribution < -0.4 is 10.1 Å². The van der Waals surface area contributed by atoms with Gasteiger partial charge in [-0.05, 0) is 51.5 Å². The van der Waals surface area contributed by atoms with Gasteiger partial charge >= 0.3 is 0 Å². The standard InChI is InChI=1S/C18H21NO2/c1-12(2)21-17-8-6-5-7-16(17)19-18(20)15-10-9-13(3)11-14(15)4/h5-12H,1-4H3,(H,19,20). The zero-order valence-electron chi connectivity index (χ0n) is 12.9. The molecule has 0 atom stereocenters. The maximum atomic E-state index is 12.4. The Morgan fingerprint density at radius 2 is 1.81 bits per heavy atom. The molecule has 2 aromatic rings. The van der Waals surface area contributed by atoms with Gasteiger partial charge in [0.1, 0.15) is 5.75 Å². The molecule has 0 aromatic heterocycles. The molecule has 2 aromatic carbocycles. The second-order valence-electron chi connectivity index (χ2n) is 5.44. The van der Waals surface area contributed by atoms with Crippen molar-refractivity contribution in [2.24, 2.45) is 0 Å². The third-order valence-electron chi connectivity index (χ3n) is 3.12. The minimum Gasteiger partial charge on any atom is -0.489 e. The number of aryl methyl sites for hydroxylation is 2. The van der Waals surface area contributed by atoms with E-state index in [9.17, 15) is 4.79 Å². The number of carbonyl (C=O) groups is 1. The predicted molar refractivity (Wildman–Crippen MR) is 86.1 cm³/mol. The zero-order chi connectivity index (χ0) is 15.4. The summed E-state index contributed by atoms with van der Waals surface area (Å²) in [5.41, 5.74) is 3.48. The van der Waals surface area contributed by atoms with E-state index in [1.165, 1.54) is 0 Å². The van der Waals surface area contributed by atoms with Crippen LogP contribution in [0.4, 0.5) is 5.69 Å². The molecule has 0 aliphatic carbocycles. The van der Waals surface area contributed by atoms with Crippen LogP contribution in [-0.2, 0) is 0 Å². The number of ether oxygens (including phenoxy) is 1. The lowest BCUT2D eigenvalue weighted by Gasteiger charge is -2.15. The molecular weight excluding hydrogens is 262 g/mol. The highest BCUT2D eigenvalue weighted by atomic mass is 16.5. The van der Waals surface area contributed by atoms with Crippen molar-refractivity contribution in [2.45, 2.75) is 33.8 Å². The Labute approximate surface area is 126 Å². The summed E-state index contributed by atoms with van der Waals surface area (Å²) in [7, 11) is 0. The van der Waals surface area contributed by atoms with Gasteiger partial charge in [0.05, 0.1) is 11.8 Å². The number of carbonyl (C=O) groups excluding carboxylic acids is 1. The van der Waals surface area contributed by atoms with Crippen LogP contribution in [0.3, 0.4) is 0 Å². The highest BCUT2D eigenvalue weighted by molar-refractivity contribution is 6.06. The van der Waals surface area contributed by atoms with Crippen LogP contribution in [-0.4, -0.2) is 12.0 Å². The van der Waals surface area contributed by atoms with Crippen molar-refractivity contribution in [1.82, 2.24) is 0 Å². The van der Waals surface area contributed by atoms with Crippen LogP contribution in [0.25, 0.3) is 0 Å². The number of amides is 1. The summed E-state index contributed by atoms with van der Waals surface area (Å²) in [6.45, 7) is 7.88. The normalized spacial score (nSPS) is 10.5. The fourth-order valence-corrected chi connectivity index (χ4v) is 2.18. The number of anilines is 1. The van der Waals surface area contributed by atoms with E-state index in [1.807, 2.05) is 70.2 Å². The third-order valence-corrected chi connectivity index (χ3v) is 3.12. The van der Waals surface area contributed by atoms with Crippen LogP contribution in [0, 0.1) is 13.8 Å². The van der Waals surface area contributed by atoms with Crippen LogP contribution in [0.5, 0.6) is 5.75 Å². The Kier molecular flexibility index (Phi) is 4.63. The van der Waals surface area contributed by atoms with Crippen molar-refractivity contribution in [1.29, 1.82) is 0 Å². The van der Waals surface area contributed by atoms with E-state index in [-0.39, 0.29) is 12.0 Å². The van der Waals surface area contributed by atoms with E-state index in [1.54, 1.807) is 0 Å². The number of rotatable bonds is 4. The van der Waals surface area contributed by atoms with Gasteiger partial charge in [0.25, 0.3) is 5.91 Å². The molecule has 0 radical (unpaired) electrons. The minimum atomic E-state index is -0.118. The number of nitrogens with one attached hydrogen (secondary N) is 1. The molecule has 21 heavy (non-hydrogen) atoms. The molecule has 1 N–H and O–H groups in total. The van der Waals surface area contributed by atoms with Crippen molar-refractivity contribution < 1.29 is 9.53 Å². The SMILES string of the molecule is Cc1ccc(C(=O)Nc2ccccc2OC(C)C)c(C)c1. The van der Waals surface area contributed by atoms with E-state index in [4.69, 9.17) is 4.74 Å². The van der Waals surface area contributed by atoms with Crippen LogP contribution in [0.15, 0.2) is 42.5 Å². The summed E-state index contributed by atoms with van der Waals surface area (Å²) < 4.78 is 5.72. The maximum Gasteiger partial charge on any atom is 0.256 e. The van der Waals surface area contributed by atoms with Gasteiger partial charge in [-0.15, -0.1) is 0 Å². The molecule has 0 saturated carbocycles. The fourth-order valence-electron chi connectivity index (χ4n) is 2.18. The summed E-state index contributed by atoms with van der Waals surface area (Å²) in [5.74, 6) is 0.568. The molecule has 0 saturated heterocycles. The third kappa shape index (κ3) is 3.85. The van der Waals surface area contributed by atoms with Gasteiger partial charge in [0, 0.05) is 5.56 Å². The number of hydrogen-bond donors (Lipinski definition) is 1. The lowest BCUT2D eigenvalue weighted by molar-refractivity contribution is 0.102. The maximum absolute atomic E-state index is 12.4. The number of benzene rings is 2. The summed E-state index contributed by atoms with van der Waals surface area (Å²) in [6.07, 6.45) is 0.0594. The first-order valence-corrected chi connectivity index (χ1v) is 7.11. The van der Waals surface area contributed by atoms with E-state index >= 15 is 0 Å². The number of para-hydroxylation sites is 2. The summed E-state index contributed by atoms with van der Waals surface area (Å²) in [6, 6.07) is 13.3. The van der Waals surface area contributed by atoms with E-state index in [2.05, 4.69) is 5.32 Å². The molecule has 110 valence electrons. The van der Waals surface area contributed by atoms with Gasteiger partial charge in [-0.2, -0.15) is 0 Å². The molecule has 2 rings (SSSR count). The second kappa shape index (κ2) is 6.44. The van der Waals surface area contributed by atoms with Crippen molar-refractivity contribution in [2.75, 3.05) is 5.32 Å². The molecule has 0 heterocycles. The van der Waals surface area contributed by atoms with Gasteiger partial charge in [-0.25, -0.2) is 0 Å².